The predicted molar refractivity (Wildman–Crippen MR) is 126 cm³/mol. The summed E-state index contributed by atoms with van der Waals surface area (Å²) in [5, 5.41) is 1.54. The zero-order valence-corrected chi connectivity index (χ0v) is 19.5. The summed E-state index contributed by atoms with van der Waals surface area (Å²) in [4.78, 5) is 0. The molecule has 2 nitrogen and oxygen atoms in total. The van der Waals surface area contributed by atoms with Gasteiger partial charge in [0.2, 0.25) is 0 Å². The first-order chi connectivity index (χ1) is 14.3. The predicted octanol–water partition coefficient (Wildman–Crippen LogP) is 7.27. The number of benzene rings is 2. The van der Waals surface area contributed by atoms with Crippen molar-refractivity contribution in [3.63, 3.8) is 0 Å². The Morgan fingerprint density at radius 1 is 1.13 bits per heavy atom. The lowest BCUT2D eigenvalue weighted by atomic mass is 9.69. The van der Waals surface area contributed by atoms with Crippen molar-refractivity contribution in [2.45, 2.75) is 51.6 Å². The van der Waals surface area contributed by atoms with Crippen molar-refractivity contribution in [2.24, 2.45) is 11.3 Å². The van der Waals surface area contributed by atoms with Crippen LogP contribution in [-0.2, 0) is 4.74 Å². The second kappa shape index (κ2) is 8.40. The van der Waals surface area contributed by atoms with Gasteiger partial charge in [-0.25, -0.2) is 0 Å². The minimum Gasteiger partial charge on any atom is -0.441 e. The van der Waals surface area contributed by atoms with Gasteiger partial charge in [0, 0.05) is 21.5 Å². The number of rotatable bonds is 5. The third kappa shape index (κ3) is 3.81. The van der Waals surface area contributed by atoms with Crippen LogP contribution in [0.25, 0.3) is 0 Å². The quantitative estimate of drug-likeness (QED) is 0.350. The van der Waals surface area contributed by atoms with Gasteiger partial charge in [0.05, 0.1) is 11.3 Å². The summed E-state index contributed by atoms with van der Waals surface area (Å²) < 4.78 is 8.99. The molecule has 30 heavy (non-hydrogen) atoms. The molecular formula is C26H30Cl2NO+. The van der Waals surface area contributed by atoms with Gasteiger partial charge >= 0.3 is 5.90 Å². The molecule has 0 spiro atoms. The maximum absolute atomic E-state index is 6.43. The Hall–Kier alpha value is -1.77. The molecule has 0 saturated heterocycles. The van der Waals surface area contributed by atoms with Crippen LogP contribution in [0.4, 0.5) is 0 Å². The zero-order chi connectivity index (χ0) is 21.5. The van der Waals surface area contributed by atoms with Crippen LogP contribution < -0.4 is 0 Å². The van der Waals surface area contributed by atoms with Gasteiger partial charge in [-0.1, -0.05) is 67.4 Å². The molecule has 0 aromatic heterocycles. The Morgan fingerprint density at radius 2 is 1.87 bits per heavy atom. The Labute approximate surface area is 190 Å². The Balaban J connectivity index is 1.94. The van der Waals surface area contributed by atoms with Crippen LogP contribution in [-0.4, -0.2) is 23.1 Å². The van der Waals surface area contributed by atoms with Crippen LogP contribution in [0, 0.1) is 11.3 Å². The highest BCUT2D eigenvalue weighted by Gasteiger charge is 2.57. The standard InChI is InChI=1S/C26H30Cl2NO/c1-5-13-26(4)15-22(19-7-6-8-21(28)14-19)24(18-9-11-20(27)12-10-18)29-23(17(2)3)16-30-25(26)29/h5-12,14,17,22-24H,1,13,15-16H2,2-4H3/q+1/t22?,23?,24?,26-/m0/s1. The summed E-state index contributed by atoms with van der Waals surface area (Å²) in [6.07, 6.45) is 3.88. The number of nitrogens with zero attached hydrogens (tertiary/aromatic N) is 1. The van der Waals surface area contributed by atoms with E-state index in [1.54, 1.807) is 0 Å². The third-order valence-electron chi connectivity index (χ3n) is 6.70. The summed E-state index contributed by atoms with van der Waals surface area (Å²) >= 11 is 12.7. The summed E-state index contributed by atoms with van der Waals surface area (Å²) in [7, 11) is 0. The van der Waals surface area contributed by atoms with Crippen LogP contribution in [0.5, 0.6) is 0 Å². The highest BCUT2D eigenvalue weighted by Crippen LogP contribution is 2.51. The highest BCUT2D eigenvalue weighted by molar-refractivity contribution is 6.30. The number of ether oxygens (including phenoxy) is 1. The van der Waals surface area contributed by atoms with E-state index < -0.39 is 0 Å². The highest BCUT2D eigenvalue weighted by atomic mass is 35.5. The van der Waals surface area contributed by atoms with Crippen molar-refractivity contribution in [3.8, 4) is 0 Å². The molecule has 0 aliphatic carbocycles. The molecule has 0 amide bonds. The lowest BCUT2D eigenvalue weighted by Crippen LogP contribution is -2.46. The molecule has 0 N–H and O–H groups in total. The number of allylic oxidation sites excluding steroid dienone is 1. The molecule has 0 saturated carbocycles. The van der Waals surface area contributed by atoms with E-state index in [1.165, 1.54) is 11.1 Å². The van der Waals surface area contributed by atoms with E-state index in [0.717, 1.165) is 35.4 Å². The molecule has 4 heteroatoms. The van der Waals surface area contributed by atoms with E-state index >= 15 is 0 Å². The van der Waals surface area contributed by atoms with Gasteiger partial charge in [-0.15, -0.1) is 6.58 Å². The van der Waals surface area contributed by atoms with Gasteiger partial charge in [-0.3, -0.25) is 0 Å². The topological polar surface area (TPSA) is 12.2 Å². The summed E-state index contributed by atoms with van der Waals surface area (Å²) in [5.41, 5.74) is 2.44. The minimum atomic E-state index is -0.0959. The number of hydrogen-bond acceptors (Lipinski definition) is 1. The Morgan fingerprint density at radius 3 is 2.50 bits per heavy atom. The van der Waals surface area contributed by atoms with E-state index in [1.807, 2.05) is 24.3 Å². The van der Waals surface area contributed by atoms with Crippen molar-refractivity contribution in [3.05, 3.63) is 82.4 Å². The molecule has 2 aromatic carbocycles. The molecule has 4 atom stereocenters. The van der Waals surface area contributed by atoms with Gasteiger partial charge in [0.1, 0.15) is 0 Å². The second-order valence-electron chi connectivity index (χ2n) is 9.25. The zero-order valence-electron chi connectivity index (χ0n) is 17.9. The monoisotopic (exact) mass is 442 g/mol. The molecule has 3 unspecified atom stereocenters. The first kappa shape index (κ1) is 21.5. The average molecular weight is 443 g/mol. The van der Waals surface area contributed by atoms with Crippen molar-refractivity contribution >= 4 is 29.1 Å². The molecule has 0 radical (unpaired) electrons. The first-order valence-corrected chi connectivity index (χ1v) is 11.5. The summed E-state index contributed by atoms with van der Waals surface area (Å²) in [5.74, 6) is 1.87. The van der Waals surface area contributed by atoms with Gasteiger partial charge < -0.3 is 4.74 Å². The van der Waals surface area contributed by atoms with Crippen LogP contribution in [0.15, 0.2) is 61.2 Å². The lowest BCUT2D eigenvalue weighted by Gasteiger charge is -2.39. The number of hydrogen-bond donors (Lipinski definition) is 0. The first-order valence-electron chi connectivity index (χ1n) is 10.7. The van der Waals surface area contributed by atoms with Crippen molar-refractivity contribution in [1.29, 1.82) is 0 Å². The number of halogens is 2. The SMILES string of the molecule is C=CC[C@@]1(C)CC(c2cccc(Cl)c2)C(c2ccc(Cl)cc2)[N+]2=C1OCC2C(C)C. The van der Waals surface area contributed by atoms with Crippen molar-refractivity contribution < 1.29 is 9.31 Å². The van der Waals surface area contributed by atoms with E-state index in [-0.39, 0.29) is 17.4 Å². The molecule has 2 aromatic rings. The molecule has 2 heterocycles. The normalized spacial score (nSPS) is 28.4. The maximum Gasteiger partial charge on any atom is 0.343 e. The molecule has 4 rings (SSSR count). The van der Waals surface area contributed by atoms with Crippen LogP contribution in [0.3, 0.4) is 0 Å². The molecule has 158 valence electrons. The van der Waals surface area contributed by atoms with Crippen molar-refractivity contribution in [1.82, 2.24) is 0 Å². The van der Waals surface area contributed by atoms with Crippen LogP contribution in [0.2, 0.25) is 10.0 Å². The molecule has 0 bridgehead atoms. The fourth-order valence-corrected chi connectivity index (χ4v) is 5.58. The average Bonchev–Trinajstić information content (AvgIpc) is 3.15. The molecule has 0 fully saturated rings. The molecule has 2 aliphatic heterocycles. The third-order valence-corrected chi connectivity index (χ3v) is 7.19. The van der Waals surface area contributed by atoms with E-state index in [2.05, 4.69) is 62.3 Å². The van der Waals surface area contributed by atoms with Gasteiger partial charge in [-0.05, 0) is 49.6 Å². The van der Waals surface area contributed by atoms with Crippen LogP contribution >= 0.6 is 23.2 Å². The molecule has 2 aliphatic rings. The fraction of sp³-hybridized carbons (Fsp3) is 0.423. The molecular weight excluding hydrogens is 413 g/mol. The Bertz CT molecular complexity index is 965. The van der Waals surface area contributed by atoms with Gasteiger partial charge in [0.15, 0.2) is 18.7 Å². The summed E-state index contributed by atoms with van der Waals surface area (Å²) in [6, 6.07) is 17.1. The Kier molecular flexibility index (Phi) is 6.01. The van der Waals surface area contributed by atoms with Gasteiger partial charge in [-0.2, -0.15) is 4.58 Å². The van der Waals surface area contributed by atoms with E-state index in [0.29, 0.717) is 12.0 Å². The smallest absolute Gasteiger partial charge is 0.343 e. The lowest BCUT2D eigenvalue weighted by molar-refractivity contribution is -0.616. The summed E-state index contributed by atoms with van der Waals surface area (Å²) in [6.45, 7) is 11.6. The largest absolute Gasteiger partial charge is 0.441 e. The van der Waals surface area contributed by atoms with E-state index in [9.17, 15) is 0 Å². The fourth-order valence-electron chi connectivity index (χ4n) is 5.26. The van der Waals surface area contributed by atoms with Crippen molar-refractivity contribution in [2.75, 3.05) is 6.61 Å². The minimum absolute atomic E-state index is 0.0959. The van der Waals surface area contributed by atoms with E-state index in [4.69, 9.17) is 27.9 Å². The van der Waals surface area contributed by atoms with Crippen LogP contribution in [0.1, 0.15) is 56.7 Å². The maximum atomic E-state index is 6.43. The second-order valence-corrected chi connectivity index (χ2v) is 10.1. The van der Waals surface area contributed by atoms with Gasteiger partial charge in [0.25, 0.3) is 0 Å².